The number of nitrogen functional groups attached to an aromatic ring is 1. The molecule has 2 rings (SSSR count). The standard InChI is InChI=1S/C13H12ClN3O/c1-8-7-9(14)4-5-11(8)18-13-10(12(15)16)3-2-6-17-13/h2-7H,1H3,(H3,15,16). The van der Waals surface area contributed by atoms with Crippen LogP contribution < -0.4 is 10.5 Å². The van der Waals surface area contributed by atoms with Crippen LogP contribution in [0, 0.1) is 12.3 Å². The van der Waals surface area contributed by atoms with Gasteiger partial charge in [-0.3, -0.25) is 5.41 Å². The third kappa shape index (κ3) is 2.60. The van der Waals surface area contributed by atoms with E-state index in [-0.39, 0.29) is 5.84 Å². The number of aromatic nitrogens is 1. The van der Waals surface area contributed by atoms with E-state index in [4.69, 9.17) is 27.5 Å². The van der Waals surface area contributed by atoms with Crippen LogP contribution in [-0.2, 0) is 0 Å². The predicted molar refractivity (Wildman–Crippen MR) is 71.5 cm³/mol. The Hall–Kier alpha value is -2.07. The zero-order valence-electron chi connectivity index (χ0n) is 9.77. The molecule has 0 spiro atoms. The average molecular weight is 262 g/mol. The van der Waals surface area contributed by atoms with Crippen molar-refractivity contribution in [1.29, 1.82) is 5.41 Å². The maximum atomic E-state index is 7.47. The zero-order valence-corrected chi connectivity index (χ0v) is 10.5. The Morgan fingerprint density at radius 1 is 1.39 bits per heavy atom. The number of rotatable bonds is 3. The number of benzene rings is 1. The summed E-state index contributed by atoms with van der Waals surface area (Å²) < 4.78 is 5.67. The Bertz CT molecular complexity index is 599. The van der Waals surface area contributed by atoms with Crippen molar-refractivity contribution in [3.8, 4) is 11.6 Å². The summed E-state index contributed by atoms with van der Waals surface area (Å²) in [6, 6.07) is 8.69. The maximum absolute atomic E-state index is 7.47. The second-order valence-corrected chi connectivity index (χ2v) is 4.22. The Morgan fingerprint density at radius 3 is 2.83 bits per heavy atom. The largest absolute Gasteiger partial charge is 0.438 e. The van der Waals surface area contributed by atoms with E-state index >= 15 is 0 Å². The van der Waals surface area contributed by atoms with Crippen LogP contribution >= 0.6 is 11.6 Å². The molecule has 0 saturated carbocycles. The minimum absolute atomic E-state index is 0.0790. The molecule has 1 aromatic carbocycles. The number of nitrogens with zero attached hydrogens (tertiary/aromatic N) is 1. The summed E-state index contributed by atoms with van der Waals surface area (Å²) in [5.41, 5.74) is 6.83. The van der Waals surface area contributed by atoms with Crippen molar-refractivity contribution in [2.75, 3.05) is 0 Å². The van der Waals surface area contributed by atoms with E-state index in [0.717, 1.165) is 5.56 Å². The first-order valence-corrected chi connectivity index (χ1v) is 5.69. The molecule has 0 radical (unpaired) electrons. The number of ether oxygens (including phenoxy) is 1. The molecule has 0 aliphatic carbocycles. The molecular formula is C13H12ClN3O. The van der Waals surface area contributed by atoms with Crippen LogP contribution in [0.2, 0.25) is 5.02 Å². The van der Waals surface area contributed by atoms with Crippen LogP contribution in [0.25, 0.3) is 0 Å². The molecule has 18 heavy (non-hydrogen) atoms. The first kappa shape index (κ1) is 12.4. The monoisotopic (exact) mass is 261 g/mol. The van der Waals surface area contributed by atoms with Crippen molar-refractivity contribution in [3.05, 3.63) is 52.7 Å². The molecule has 2 aromatic rings. The van der Waals surface area contributed by atoms with E-state index in [1.165, 1.54) is 0 Å². The molecule has 0 amide bonds. The van der Waals surface area contributed by atoms with E-state index in [0.29, 0.717) is 22.2 Å². The van der Waals surface area contributed by atoms with E-state index in [1.54, 1.807) is 36.5 Å². The number of halogens is 1. The fraction of sp³-hybridized carbons (Fsp3) is 0.0769. The molecule has 3 N–H and O–H groups in total. The van der Waals surface area contributed by atoms with Gasteiger partial charge in [0, 0.05) is 11.2 Å². The highest BCUT2D eigenvalue weighted by Crippen LogP contribution is 2.27. The molecule has 0 fully saturated rings. The summed E-state index contributed by atoms with van der Waals surface area (Å²) >= 11 is 5.88. The topological polar surface area (TPSA) is 72.0 Å². The van der Waals surface area contributed by atoms with Gasteiger partial charge in [0.15, 0.2) is 0 Å². The highest BCUT2D eigenvalue weighted by molar-refractivity contribution is 6.30. The van der Waals surface area contributed by atoms with E-state index in [1.807, 2.05) is 6.92 Å². The molecule has 1 heterocycles. The van der Waals surface area contributed by atoms with Crippen LogP contribution in [0.4, 0.5) is 0 Å². The predicted octanol–water partition coefficient (Wildman–Crippen LogP) is 3.12. The lowest BCUT2D eigenvalue weighted by Crippen LogP contribution is -2.13. The van der Waals surface area contributed by atoms with Crippen LogP contribution in [0.1, 0.15) is 11.1 Å². The van der Waals surface area contributed by atoms with Gasteiger partial charge < -0.3 is 10.5 Å². The van der Waals surface area contributed by atoms with Crippen LogP contribution in [0.5, 0.6) is 11.6 Å². The summed E-state index contributed by atoms with van der Waals surface area (Å²) in [4.78, 5) is 4.08. The first-order chi connectivity index (χ1) is 8.58. The second-order valence-electron chi connectivity index (χ2n) is 3.78. The van der Waals surface area contributed by atoms with Gasteiger partial charge >= 0.3 is 0 Å². The summed E-state index contributed by atoms with van der Waals surface area (Å²) in [6.07, 6.45) is 1.59. The van der Waals surface area contributed by atoms with Gasteiger partial charge in [-0.1, -0.05) is 11.6 Å². The lowest BCUT2D eigenvalue weighted by molar-refractivity contribution is 0.458. The lowest BCUT2D eigenvalue weighted by atomic mass is 10.2. The van der Waals surface area contributed by atoms with Gasteiger partial charge in [0.2, 0.25) is 5.88 Å². The first-order valence-electron chi connectivity index (χ1n) is 5.31. The van der Waals surface area contributed by atoms with Crippen molar-refractivity contribution in [1.82, 2.24) is 4.98 Å². The smallest absolute Gasteiger partial charge is 0.230 e. The van der Waals surface area contributed by atoms with Crippen molar-refractivity contribution in [2.45, 2.75) is 6.92 Å². The Morgan fingerprint density at radius 2 is 2.17 bits per heavy atom. The number of hydrogen-bond donors (Lipinski definition) is 2. The minimum atomic E-state index is -0.0790. The van der Waals surface area contributed by atoms with E-state index in [9.17, 15) is 0 Å². The van der Waals surface area contributed by atoms with Crippen molar-refractivity contribution in [3.63, 3.8) is 0 Å². The fourth-order valence-electron chi connectivity index (χ4n) is 1.51. The number of pyridine rings is 1. The summed E-state index contributed by atoms with van der Waals surface area (Å²) in [6.45, 7) is 1.89. The SMILES string of the molecule is Cc1cc(Cl)ccc1Oc1ncccc1C(=N)N. The Balaban J connectivity index is 2.37. The molecule has 0 atom stereocenters. The highest BCUT2D eigenvalue weighted by Gasteiger charge is 2.10. The van der Waals surface area contributed by atoms with Gasteiger partial charge in [0.25, 0.3) is 0 Å². The molecular weight excluding hydrogens is 250 g/mol. The molecule has 1 aromatic heterocycles. The van der Waals surface area contributed by atoms with Gasteiger partial charge in [-0.2, -0.15) is 0 Å². The van der Waals surface area contributed by atoms with Crippen LogP contribution in [0.15, 0.2) is 36.5 Å². The number of nitrogens with two attached hydrogens (primary N) is 1. The molecule has 5 heteroatoms. The number of hydrogen-bond acceptors (Lipinski definition) is 3. The number of aryl methyl sites for hydroxylation is 1. The average Bonchev–Trinajstić information content (AvgIpc) is 2.33. The van der Waals surface area contributed by atoms with Crippen molar-refractivity contribution in [2.24, 2.45) is 5.73 Å². The molecule has 0 aliphatic heterocycles. The third-order valence-electron chi connectivity index (χ3n) is 2.40. The van der Waals surface area contributed by atoms with Gasteiger partial charge in [-0.25, -0.2) is 4.98 Å². The Labute approximate surface area is 110 Å². The summed E-state index contributed by atoms with van der Waals surface area (Å²) in [5, 5.41) is 8.11. The van der Waals surface area contributed by atoms with Crippen molar-refractivity contribution >= 4 is 17.4 Å². The molecule has 0 aliphatic rings. The number of amidine groups is 1. The maximum Gasteiger partial charge on any atom is 0.230 e. The molecule has 4 nitrogen and oxygen atoms in total. The quantitative estimate of drug-likeness (QED) is 0.659. The number of nitrogens with one attached hydrogen (secondary N) is 1. The summed E-state index contributed by atoms with van der Waals surface area (Å²) in [7, 11) is 0. The van der Waals surface area contributed by atoms with Gasteiger partial charge in [0.05, 0.1) is 5.56 Å². The molecule has 92 valence electrons. The minimum Gasteiger partial charge on any atom is -0.438 e. The van der Waals surface area contributed by atoms with Gasteiger partial charge in [-0.05, 0) is 42.8 Å². The molecule has 0 bridgehead atoms. The van der Waals surface area contributed by atoms with Crippen LogP contribution in [0.3, 0.4) is 0 Å². The molecule has 0 saturated heterocycles. The lowest BCUT2D eigenvalue weighted by Gasteiger charge is -2.10. The molecule has 0 unspecified atom stereocenters. The fourth-order valence-corrected chi connectivity index (χ4v) is 1.74. The van der Waals surface area contributed by atoms with Crippen LogP contribution in [-0.4, -0.2) is 10.8 Å². The van der Waals surface area contributed by atoms with Gasteiger partial charge in [-0.15, -0.1) is 0 Å². The van der Waals surface area contributed by atoms with E-state index < -0.39 is 0 Å². The zero-order chi connectivity index (χ0) is 13.1. The van der Waals surface area contributed by atoms with Crippen molar-refractivity contribution < 1.29 is 4.74 Å². The second kappa shape index (κ2) is 5.06. The van der Waals surface area contributed by atoms with Gasteiger partial charge in [0.1, 0.15) is 11.6 Å². The highest BCUT2D eigenvalue weighted by atomic mass is 35.5. The van der Waals surface area contributed by atoms with E-state index in [2.05, 4.69) is 4.98 Å². The normalized spacial score (nSPS) is 10.1. The third-order valence-corrected chi connectivity index (χ3v) is 2.64. The summed E-state index contributed by atoms with van der Waals surface area (Å²) in [5.74, 6) is 0.876. The Kier molecular flexibility index (Phi) is 3.48.